The number of benzene rings is 3. The van der Waals surface area contributed by atoms with Gasteiger partial charge in [0.15, 0.2) is 11.6 Å². The fourth-order valence-corrected chi connectivity index (χ4v) is 7.14. The number of fused-ring (bicyclic) bond motifs is 2. The topological polar surface area (TPSA) is 203 Å². The van der Waals surface area contributed by atoms with E-state index in [4.69, 9.17) is 9.47 Å². The molecule has 1 heterocycles. The molecule has 288 valence electrons. The zero-order valence-corrected chi connectivity index (χ0v) is 30.7. The van der Waals surface area contributed by atoms with Crippen LogP contribution in [-0.4, -0.2) is 69.1 Å². The van der Waals surface area contributed by atoms with E-state index in [1.165, 1.54) is 74.2 Å². The highest BCUT2D eigenvalue weighted by Crippen LogP contribution is 2.40. The minimum Gasteiger partial charge on any atom is -0.506 e. The lowest BCUT2D eigenvalue weighted by Gasteiger charge is -2.22. The van der Waals surface area contributed by atoms with Gasteiger partial charge in [-0.2, -0.15) is 0 Å². The zero-order valence-electron chi connectivity index (χ0n) is 30.7. The first-order valence-corrected chi connectivity index (χ1v) is 18.3. The molecule has 0 saturated heterocycles. The van der Waals surface area contributed by atoms with Crippen molar-refractivity contribution in [3.05, 3.63) is 112 Å². The van der Waals surface area contributed by atoms with Crippen molar-refractivity contribution in [1.29, 1.82) is 0 Å². The van der Waals surface area contributed by atoms with Crippen LogP contribution in [0.25, 0.3) is 10.9 Å². The largest absolute Gasteiger partial charge is 0.506 e. The molecule has 13 nitrogen and oxygen atoms in total. The van der Waals surface area contributed by atoms with E-state index in [2.05, 4.69) is 16.9 Å². The Bertz CT molecular complexity index is 2290. The van der Waals surface area contributed by atoms with Crippen molar-refractivity contribution in [2.75, 3.05) is 11.9 Å². The maximum absolute atomic E-state index is 13.6. The number of nitrogens with one attached hydrogen (secondary N) is 1. The zero-order chi connectivity index (χ0) is 40.1. The average molecular weight is 761 g/mol. The van der Waals surface area contributed by atoms with Gasteiger partial charge in [0.1, 0.15) is 35.9 Å². The third-order valence-corrected chi connectivity index (χ3v) is 10.0. The number of pyridine rings is 1. The molecular formula is C43H40N2O11. The van der Waals surface area contributed by atoms with Gasteiger partial charge in [0.05, 0.1) is 16.6 Å². The molecule has 1 fully saturated rings. The summed E-state index contributed by atoms with van der Waals surface area (Å²) in [5.41, 5.74) is 1.55. The van der Waals surface area contributed by atoms with Gasteiger partial charge in [-0.3, -0.25) is 19.2 Å². The summed E-state index contributed by atoms with van der Waals surface area (Å²) in [5.74, 6) is -6.59. The summed E-state index contributed by atoms with van der Waals surface area (Å²) in [6.45, 7) is 4.36. The summed E-state index contributed by atoms with van der Waals surface area (Å²) >= 11 is 0. The molecule has 2 unspecified atom stereocenters. The molecule has 3 aromatic carbocycles. The van der Waals surface area contributed by atoms with Gasteiger partial charge in [0, 0.05) is 47.0 Å². The Morgan fingerprint density at radius 3 is 2.32 bits per heavy atom. The molecular weight excluding hydrogens is 720 g/mol. The van der Waals surface area contributed by atoms with Crippen LogP contribution in [0.1, 0.15) is 123 Å². The Kier molecular flexibility index (Phi) is 11.8. The number of aromatic hydroxyl groups is 1. The minimum atomic E-state index is -1.37. The normalized spacial score (nSPS) is 15.8. The number of carboxylic acid groups (broad SMARTS) is 1. The lowest BCUT2D eigenvalue weighted by atomic mass is 9.83. The quantitative estimate of drug-likeness (QED) is 0.0685. The van der Waals surface area contributed by atoms with Crippen molar-refractivity contribution in [3.63, 3.8) is 0 Å². The lowest BCUT2D eigenvalue weighted by Crippen LogP contribution is -2.29. The van der Waals surface area contributed by atoms with Crippen LogP contribution in [0.3, 0.4) is 0 Å². The van der Waals surface area contributed by atoms with Gasteiger partial charge in [-0.05, 0) is 79.8 Å². The third-order valence-electron chi connectivity index (χ3n) is 10.0. The average Bonchev–Trinajstić information content (AvgIpc) is 3.43. The number of rotatable bonds is 14. The Balaban J connectivity index is 1.08. The first-order valence-electron chi connectivity index (χ1n) is 18.3. The molecule has 6 rings (SSSR count). The van der Waals surface area contributed by atoms with Crippen LogP contribution >= 0.6 is 0 Å². The predicted octanol–water partition coefficient (Wildman–Crippen LogP) is 6.87. The SMILES string of the molecule is C=C(C)C(=O)OCC(CC(=O)CCC(=O)Nc1ccc2c(c1)C(=O)C(c1nc3ccc(C4CCCCC4)cc3cc1O)C2=O)OC(=O)c1ccccc1C(=O)O. The van der Waals surface area contributed by atoms with Crippen molar-refractivity contribution in [3.8, 4) is 5.75 Å². The summed E-state index contributed by atoms with van der Waals surface area (Å²) in [6, 6.07) is 17.0. The molecule has 2 aliphatic carbocycles. The maximum Gasteiger partial charge on any atom is 0.339 e. The fourth-order valence-electron chi connectivity index (χ4n) is 7.14. The molecule has 0 radical (unpaired) electrons. The number of esters is 2. The maximum atomic E-state index is 13.6. The molecule has 1 saturated carbocycles. The second-order valence-corrected chi connectivity index (χ2v) is 14.1. The number of hydrogen-bond donors (Lipinski definition) is 3. The number of hydrogen-bond acceptors (Lipinski definition) is 11. The van der Waals surface area contributed by atoms with Crippen LogP contribution in [0.4, 0.5) is 5.69 Å². The molecule has 2 aliphatic rings. The van der Waals surface area contributed by atoms with Crippen LogP contribution < -0.4 is 5.32 Å². The molecule has 0 aliphatic heterocycles. The van der Waals surface area contributed by atoms with Gasteiger partial charge < -0.3 is 25.0 Å². The van der Waals surface area contributed by atoms with E-state index >= 15 is 0 Å². The Labute approximate surface area is 321 Å². The van der Waals surface area contributed by atoms with E-state index < -0.39 is 66.2 Å². The van der Waals surface area contributed by atoms with E-state index in [1.54, 1.807) is 6.07 Å². The highest BCUT2D eigenvalue weighted by atomic mass is 16.6. The number of Topliss-reactive ketones (excluding diaryl/α,β-unsaturated/α-hetero) is 3. The van der Waals surface area contributed by atoms with Gasteiger partial charge in [-0.25, -0.2) is 19.4 Å². The number of carboxylic acids is 1. The van der Waals surface area contributed by atoms with Gasteiger partial charge in [-0.1, -0.05) is 44.0 Å². The Morgan fingerprint density at radius 1 is 0.893 bits per heavy atom. The second kappa shape index (κ2) is 16.9. The summed E-state index contributed by atoms with van der Waals surface area (Å²) in [4.78, 5) is 94.0. The first-order chi connectivity index (χ1) is 26.8. The number of aromatic nitrogens is 1. The van der Waals surface area contributed by atoms with Gasteiger partial charge in [0.2, 0.25) is 5.91 Å². The number of nitrogens with zero attached hydrogens (tertiary/aromatic N) is 1. The van der Waals surface area contributed by atoms with Crippen molar-refractivity contribution in [2.24, 2.45) is 0 Å². The predicted molar refractivity (Wildman–Crippen MR) is 203 cm³/mol. The van der Waals surface area contributed by atoms with Crippen molar-refractivity contribution < 1.29 is 53.2 Å². The summed E-state index contributed by atoms with van der Waals surface area (Å²) in [7, 11) is 0. The van der Waals surface area contributed by atoms with E-state index in [0.29, 0.717) is 11.4 Å². The highest BCUT2D eigenvalue weighted by Gasteiger charge is 2.42. The van der Waals surface area contributed by atoms with Crippen molar-refractivity contribution in [1.82, 2.24) is 4.98 Å². The number of amides is 1. The number of anilines is 1. The highest BCUT2D eigenvalue weighted by molar-refractivity contribution is 6.30. The number of carbonyl (C=O) groups is 7. The standard InChI is InChI=1S/C43H40N2O11/c1-23(2)42(53)55-22-29(56-43(54)32-11-7-6-10-31(32)41(51)52)21-28(46)14-17-36(48)44-27-13-15-30-33(20-27)40(50)37(39(30)49)38-35(47)19-26-18-25(12-16-34(26)45-38)24-8-4-3-5-9-24/h6-7,10-13,15-16,18-20,24,29,37,47H,1,3-5,8-9,14,17,21-22H2,2H3,(H,44,48)(H,51,52). The second-order valence-electron chi connectivity index (χ2n) is 14.1. The number of ketones is 3. The van der Waals surface area contributed by atoms with Gasteiger partial charge >= 0.3 is 17.9 Å². The van der Waals surface area contributed by atoms with Crippen LogP contribution in [0.5, 0.6) is 5.75 Å². The molecule has 2 atom stereocenters. The van der Waals surface area contributed by atoms with Crippen LogP contribution in [0.2, 0.25) is 0 Å². The van der Waals surface area contributed by atoms with Gasteiger partial charge in [0.25, 0.3) is 0 Å². The number of aromatic carboxylic acids is 1. The van der Waals surface area contributed by atoms with Crippen LogP contribution in [-0.2, 0) is 23.9 Å². The molecule has 0 spiro atoms. The molecule has 1 aromatic heterocycles. The monoisotopic (exact) mass is 760 g/mol. The Morgan fingerprint density at radius 2 is 1.61 bits per heavy atom. The van der Waals surface area contributed by atoms with E-state index in [0.717, 1.165) is 18.2 Å². The van der Waals surface area contributed by atoms with Crippen LogP contribution in [0, 0.1) is 0 Å². The summed E-state index contributed by atoms with van der Waals surface area (Å²) < 4.78 is 10.5. The number of carbonyl (C=O) groups excluding carboxylic acids is 6. The minimum absolute atomic E-state index is 0.0392. The van der Waals surface area contributed by atoms with E-state index in [1.807, 2.05) is 18.2 Å². The summed E-state index contributed by atoms with van der Waals surface area (Å²) in [6.07, 6.45) is 3.44. The molecule has 4 aromatic rings. The molecule has 1 amide bonds. The molecule has 13 heteroatoms. The van der Waals surface area contributed by atoms with Crippen LogP contribution in [0.15, 0.2) is 78.9 Å². The number of ether oxygens (including phenoxy) is 2. The van der Waals surface area contributed by atoms with Crippen molar-refractivity contribution >= 4 is 57.8 Å². The van der Waals surface area contributed by atoms with E-state index in [-0.39, 0.29) is 57.8 Å². The molecule has 0 bridgehead atoms. The molecule has 3 N–H and O–H groups in total. The first kappa shape index (κ1) is 39.2. The fraction of sp³-hybridized carbons (Fsp3) is 0.302. The lowest BCUT2D eigenvalue weighted by molar-refractivity contribution is -0.143. The smallest absolute Gasteiger partial charge is 0.339 e. The summed E-state index contributed by atoms with van der Waals surface area (Å²) in [5, 5.41) is 23.8. The van der Waals surface area contributed by atoms with Crippen molar-refractivity contribution in [2.45, 2.75) is 76.2 Å². The molecule has 56 heavy (non-hydrogen) atoms. The Hall–Kier alpha value is -6.50. The van der Waals surface area contributed by atoms with Gasteiger partial charge in [-0.15, -0.1) is 0 Å². The third kappa shape index (κ3) is 8.72. The van der Waals surface area contributed by atoms with E-state index in [9.17, 15) is 43.8 Å².